The van der Waals surface area contributed by atoms with Crippen molar-refractivity contribution in [1.29, 1.82) is 0 Å². The van der Waals surface area contributed by atoms with Gasteiger partial charge in [0.25, 0.3) is 0 Å². The molecular weight excluding hydrogens is 314 g/mol. The van der Waals surface area contributed by atoms with Gasteiger partial charge in [0.15, 0.2) is 5.82 Å². The summed E-state index contributed by atoms with van der Waals surface area (Å²) in [5.41, 5.74) is 0.109. The second kappa shape index (κ2) is 6.04. The molecule has 0 spiro atoms. The molecule has 0 bridgehead atoms. The van der Waals surface area contributed by atoms with E-state index < -0.39 is 0 Å². The van der Waals surface area contributed by atoms with E-state index >= 15 is 0 Å². The zero-order chi connectivity index (χ0) is 16.7. The van der Waals surface area contributed by atoms with E-state index in [0.29, 0.717) is 17.8 Å². The number of tetrazole rings is 1. The Morgan fingerprint density at radius 1 is 1.39 bits per heavy atom. The second-order valence-electron chi connectivity index (χ2n) is 8.04. The lowest BCUT2D eigenvalue weighted by Crippen LogP contribution is -2.46. The Hall–Kier alpha value is -1.17. The number of amides is 1. The molecule has 2 aliphatic carbocycles. The summed E-state index contributed by atoms with van der Waals surface area (Å²) >= 11 is 5.82. The fourth-order valence-electron chi connectivity index (χ4n) is 3.48. The summed E-state index contributed by atoms with van der Waals surface area (Å²) in [6.07, 6.45) is 6.35. The van der Waals surface area contributed by atoms with Gasteiger partial charge in [-0.05, 0) is 63.0 Å². The van der Waals surface area contributed by atoms with Crippen LogP contribution in [0.25, 0.3) is 0 Å². The van der Waals surface area contributed by atoms with Crippen molar-refractivity contribution in [2.45, 2.75) is 65.0 Å². The average Bonchev–Trinajstić information content (AvgIpc) is 3.18. The van der Waals surface area contributed by atoms with Gasteiger partial charge in [-0.25, -0.2) is 0 Å². The van der Waals surface area contributed by atoms with Crippen molar-refractivity contribution in [2.75, 3.05) is 12.4 Å². The molecule has 0 unspecified atom stereocenters. The predicted octanol–water partition coefficient (Wildman–Crippen LogP) is 2.58. The van der Waals surface area contributed by atoms with Crippen LogP contribution in [-0.4, -0.2) is 43.4 Å². The van der Waals surface area contributed by atoms with E-state index in [1.165, 1.54) is 32.1 Å². The molecule has 1 aromatic rings. The summed E-state index contributed by atoms with van der Waals surface area (Å²) in [5, 5.41) is 12.7. The van der Waals surface area contributed by atoms with Gasteiger partial charge in [0, 0.05) is 6.54 Å². The molecule has 6 nitrogen and oxygen atoms in total. The van der Waals surface area contributed by atoms with Crippen molar-refractivity contribution in [2.24, 2.45) is 11.3 Å². The highest BCUT2D eigenvalue weighted by molar-refractivity contribution is 6.27. The molecule has 1 heterocycles. The maximum Gasteiger partial charge on any atom is 0.237 e. The van der Waals surface area contributed by atoms with E-state index in [2.05, 4.69) is 15.4 Å². The molecule has 0 aromatic carbocycles. The number of alkyl halides is 1. The van der Waals surface area contributed by atoms with Gasteiger partial charge >= 0.3 is 0 Å². The minimum absolute atomic E-state index is 0.00809. The molecular formula is C16H26ClN5O. The fourth-order valence-corrected chi connectivity index (χ4v) is 3.65. The zero-order valence-electron chi connectivity index (χ0n) is 14.3. The summed E-state index contributed by atoms with van der Waals surface area (Å²) in [6.45, 7) is 7.26. The Balaban J connectivity index is 1.72. The van der Waals surface area contributed by atoms with Crippen LogP contribution in [0.1, 0.15) is 58.7 Å². The standard InChI is InChI=1S/C16H26ClN5O/c1-15(2,3)22-19-13(18-20-22)10-21(14(23)9-17)11-16(7-4-8-16)12-5-6-12/h12H,4-11H2,1-3H3. The molecule has 2 saturated carbocycles. The normalized spacial score (nSPS) is 20.2. The molecule has 0 atom stereocenters. The summed E-state index contributed by atoms with van der Waals surface area (Å²) in [5.74, 6) is 1.35. The number of carbonyl (C=O) groups is 1. The van der Waals surface area contributed by atoms with Crippen molar-refractivity contribution in [1.82, 2.24) is 25.1 Å². The molecule has 0 N–H and O–H groups in total. The van der Waals surface area contributed by atoms with Gasteiger partial charge in [-0.3, -0.25) is 4.79 Å². The number of carbonyl (C=O) groups excluding carboxylic acids is 1. The third-order valence-electron chi connectivity index (χ3n) is 5.15. The van der Waals surface area contributed by atoms with Crippen LogP contribution in [0.15, 0.2) is 0 Å². The Labute approximate surface area is 142 Å². The highest BCUT2D eigenvalue weighted by atomic mass is 35.5. The first kappa shape index (κ1) is 16.7. The van der Waals surface area contributed by atoms with Crippen molar-refractivity contribution in [3.8, 4) is 0 Å². The van der Waals surface area contributed by atoms with Crippen LogP contribution < -0.4 is 0 Å². The van der Waals surface area contributed by atoms with Crippen LogP contribution in [0, 0.1) is 11.3 Å². The molecule has 0 aliphatic heterocycles. The van der Waals surface area contributed by atoms with Crippen LogP contribution in [0.5, 0.6) is 0 Å². The number of nitrogens with zero attached hydrogens (tertiary/aromatic N) is 5. The van der Waals surface area contributed by atoms with Gasteiger partial charge in [0.05, 0.1) is 12.1 Å². The molecule has 3 rings (SSSR count). The number of rotatable bonds is 6. The first-order valence-electron chi connectivity index (χ1n) is 8.47. The van der Waals surface area contributed by atoms with Crippen LogP contribution in [0.3, 0.4) is 0 Å². The third-order valence-corrected chi connectivity index (χ3v) is 5.38. The number of hydrogen-bond acceptors (Lipinski definition) is 4. The second-order valence-corrected chi connectivity index (χ2v) is 8.31. The van der Waals surface area contributed by atoms with Crippen LogP contribution in [-0.2, 0) is 16.9 Å². The van der Waals surface area contributed by atoms with Crippen molar-refractivity contribution < 1.29 is 4.79 Å². The van der Waals surface area contributed by atoms with Crippen LogP contribution >= 0.6 is 11.6 Å². The third kappa shape index (κ3) is 3.52. The minimum Gasteiger partial charge on any atom is -0.333 e. The molecule has 7 heteroatoms. The van der Waals surface area contributed by atoms with E-state index in [1.54, 1.807) is 4.80 Å². The summed E-state index contributed by atoms with van der Waals surface area (Å²) in [6, 6.07) is 0. The van der Waals surface area contributed by atoms with Crippen LogP contribution in [0.2, 0.25) is 0 Å². The predicted molar refractivity (Wildman–Crippen MR) is 88.0 cm³/mol. The highest BCUT2D eigenvalue weighted by Crippen LogP contribution is 2.57. The van der Waals surface area contributed by atoms with E-state index in [0.717, 1.165) is 12.5 Å². The summed E-state index contributed by atoms with van der Waals surface area (Å²) in [4.78, 5) is 15.7. The number of aromatic nitrogens is 4. The van der Waals surface area contributed by atoms with Gasteiger partial charge in [-0.1, -0.05) is 6.42 Å². The van der Waals surface area contributed by atoms with Crippen molar-refractivity contribution >= 4 is 17.5 Å². The topological polar surface area (TPSA) is 63.9 Å². The molecule has 1 aromatic heterocycles. The molecule has 1 amide bonds. The molecule has 2 fully saturated rings. The Morgan fingerprint density at radius 2 is 2.09 bits per heavy atom. The minimum atomic E-state index is -0.213. The molecule has 0 radical (unpaired) electrons. The Kier molecular flexibility index (Phi) is 4.38. The van der Waals surface area contributed by atoms with Crippen LogP contribution in [0.4, 0.5) is 0 Å². The molecule has 128 valence electrons. The SMILES string of the molecule is CC(C)(C)n1nnc(CN(CC2(C3CC3)CCC2)C(=O)CCl)n1. The van der Waals surface area contributed by atoms with E-state index in [-0.39, 0.29) is 17.3 Å². The lowest BCUT2D eigenvalue weighted by Gasteiger charge is -2.45. The summed E-state index contributed by atoms with van der Waals surface area (Å²) in [7, 11) is 0. The lowest BCUT2D eigenvalue weighted by molar-refractivity contribution is -0.132. The van der Waals surface area contributed by atoms with Crippen molar-refractivity contribution in [3.63, 3.8) is 0 Å². The molecule has 0 saturated heterocycles. The maximum absolute atomic E-state index is 12.3. The number of halogens is 1. The summed E-state index contributed by atoms with van der Waals surface area (Å²) < 4.78 is 0. The average molecular weight is 340 g/mol. The Morgan fingerprint density at radius 3 is 2.52 bits per heavy atom. The van der Waals surface area contributed by atoms with Gasteiger partial charge in [-0.15, -0.1) is 21.8 Å². The quantitative estimate of drug-likeness (QED) is 0.747. The largest absolute Gasteiger partial charge is 0.333 e. The molecule has 2 aliphatic rings. The first-order valence-corrected chi connectivity index (χ1v) is 9.01. The van der Waals surface area contributed by atoms with Gasteiger partial charge in [0.2, 0.25) is 5.91 Å². The van der Waals surface area contributed by atoms with Gasteiger partial charge < -0.3 is 4.90 Å². The van der Waals surface area contributed by atoms with Gasteiger partial charge in [-0.2, -0.15) is 4.80 Å². The van der Waals surface area contributed by atoms with E-state index in [4.69, 9.17) is 11.6 Å². The van der Waals surface area contributed by atoms with E-state index in [9.17, 15) is 4.79 Å². The maximum atomic E-state index is 12.3. The molecule has 23 heavy (non-hydrogen) atoms. The first-order chi connectivity index (χ1) is 10.8. The smallest absolute Gasteiger partial charge is 0.237 e. The zero-order valence-corrected chi connectivity index (χ0v) is 15.0. The fraction of sp³-hybridized carbons (Fsp3) is 0.875. The lowest BCUT2D eigenvalue weighted by atomic mass is 9.65. The van der Waals surface area contributed by atoms with Crippen molar-refractivity contribution in [3.05, 3.63) is 5.82 Å². The number of hydrogen-bond donors (Lipinski definition) is 0. The van der Waals surface area contributed by atoms with Gasteiger partial charge in [0.1, 0.15) is 5.88 Å². The Bertz CT molecular complexity index is 571. The highest BCUT2D eigenvalue weighted by Gasteiger charge is 2.50. The monoisotopic (exact) mass is 339 g/mol. The van der Waals surface area contributed by atoms with E-state index in [1.807, 2.05) is 25.7 Å².